The summed E-state index contributed by atoms with van der Waals surface area (Å²) in [6.07, 6.45) is -2.48. The maximum atomic E-state index is 12.0. The van der Waals surface area contributed by atoms with Gasteiger partial charge in [0.25, 0.3) is 0 Å². The summed E-state index contributed by atoms with van der Waals surface area (Å²) in [7, 11) is 0. The molecule has 122 valence electrons. The number of hydrogen-bond acceptors (Lipinski definition) is 3. The summed E-state index contributed by atoms with van der Waals surface area (Å²) in [6.45, 7) is 0.686. The number of carbonyl (C=O) groups excluding carboxylic acids is 1. The fraction of sp³-hybridized carbons (Fsp3) is 0.533. The molecule has 1 heterocycles. The molecule has 1 atom stereocenters. The minimum absolute atomic E-state index is 0.00426. The van der Waals surface area contributed by atoms with E-state index in [9.17, 15) is 18.0 Å². The molecular formula is C15H19F3N2O2. The summed E-state index contributed by atoms with van der Waals surface area (Å²) >= 11 is 0. The van der Waals surface area contributed by atoms with Gasteiger partial charge < -0.3 is 15.4 Å². The number of ether oxygens (including phenoxy) is 1. The van der Waals surface area contributed by atoms with Crippen molar-refractivity contribution in [2.24, 2.45) is 5.92 Å². The van der Waals surface area contributed by atoms with Crippen LogP contribution in [0.25, 0.3) is 0 Å². The number of hydrogen-bond donors (Lipinski definition) is 2. The molecule has 1 aliphatic rings. The van der Waals surface area contributed by atoms with Gasteiger partial charge in [0, 0.05) is 13.1 Å². The van der Waals surface area contributed by atoms with Gasteiger partial charge in [-0.3, -0.25) is 4.79 Å². The Hall–Kier alpha value is -1.76. The van der Waals surface area contributed by atoms with Gasteiger partial charge in [-0.05, 0) is 37.1 Å². The maximum absolute atomic E-state index is 12.0. The Balaban J connectivity index is 1.77. The molecule has 0 bridgehead atoms. The zero-order valence-corrected chi connectivity index (χ0v) is 12.1. The van der Waals surface area contributed by atoms with E-state index < -0.39 is 12.8 Å². The van der Waals surface area contributed by atoms with Gasteiger partial charge in [0.1, 0.15) is 5.75 Å². The Labute approximate surface area is 127 Å². The van der Waals surface area contributed by atoms with Crippen molar-refractivity contribution in [2.45, 2.75) is 25.6 Å². The third-order valence-corrected chi connectivity index (χ3v) is 3.46. The van der Waals surface area contributed by atoms with E-state index in [2.05, 4.69) is 15.4 Å². The molecule has 1 saturated heterocycles. The van der Waals surface area contributed by atoms with Gasteiger partial charge in [-0.25, -0.2) is 0 Å². The summed E-state index contributed by atoms with van der Waals surface area (Å²) in [6, 6.07) is 6.22. The van der Waals surface area contributed by atoms with Crippen molar-refractivity contribution in [1.82, 2.24) is 10.6 Å². The molecule has 1 aromatic rings. The van der Waals surface area contributed by atoms with Gasteiger partial charge in [-0.15, -0.1) is 0 Å². The van der Waals surface area contributed by atoms with Gasteiger partial charge in [-0.1, -0.05) is 12.1 Å². The third-order valence-electron chi connectivity index (χ3n) is 3.46. The third kappa shape index (κ3) is 5.55. The number of carbonyl (C=O) groups is 1. The van der Waals surface area contributed by atoms with Crippen LogP contribution in [-0.4, -0.2) is 31.8 Å². The summed E-state index contributed by atoms with van der Waals surface area (Å²) in [4.78, 5) is 12.0. The van der Waals surface area contributed by atoms with Crippen molar-refractivity contribution in [2.75, 3.05) is 19.7 Å². The standard InChI is InChI=1S/C15H19F3N2O2/c16-15(17,18)10-22-13-5-3-11(4-6-13)8-20-14(21)12-2-1-7-19-9-12/h3-6,12,19H,1-2,7-10H2,(H,20,21). The van der Waals surface area contributed by atoms with Crippen molar-refractivity contribution >= 4 is 5.91 Å². The highest BCUT2D eigenvalue weighted by Crippen LogP contribution is 2.19. The molecule has 0 aromatic heterocycles. The van der Waals surface area contributed by atoms with Crippen LogP contribution < -0.4 is 15.4 Å². The van der Waals surface area contributed by atoms with Crippen LogP contribution in [0.15, 0.2) is 24.3 Å². The molecule has 1 aromatic carbocycles. The molecule has 0 saturated carbocycles. The summed E-state index contributed by atoms with van der Waals surface area (Å²) in [5.41, 5.74) is 0.816. The van der Waals surface area contributed by atoms with Crippen LogP contribution in [-0.2, 0) is 11.3 Å². The van der Waals surface area contributed by atoms with E-state index in [4.69, 9.17) is 0 Å². The van der Waals surface area contributed by atoms with E-state index in [-0.39, 0.29) is 17.6 Å². The average Bonchev–Trinajstić information content (AvgIpc) is 2.52. The zero-order chi connectivity index (χ0) is 16.0. The maximum Gasteiger partial charge on any atom is 0.422 e. The largest absolute Gasteiger partial charge is 0.484 e. The number of halogens is 3. The second-order valence-corrected chi connectivity index (χ2v) is 5.31. The van der Waals surface area contributed by atoms with Crippen LogP contribution in [0.1, 0.15) is 18.4 Å². The number of alkyl halides is 3. The molecule has 1 fully saturated rings. The SMILES string of the molecule is O=C(NCc1ccc(OCC(F)(F)F)cc1)C1CCCNC1. The van der Waals surface area contributed by atoms with Gasteiger partial charge in [0.2, 0.25) is 5.91 Å². The molecule has 1 amide bonds. The number of benzene rings is 1. The molecule has 7 heteroatoms. The van der Waals surface area contributed by atoms with Crippen LogP contribution in [0, 0.1) is 5.92 Å². The van der Waals surface area contributed by atoms with Crippen molar-refractivity contribution in [3.05, 3.63) is 29.8 Å². The fourth-order valence-electron chi connectivity index (χ4n) is 2.28. The van der Waals surface area contributed by atoms with Crippen molar-refractivity contribution in [3.63, 3.8) is 0 Å². The number of piperidine rings is 1. The van der Waals surface area contributed by atoms with E-state index in [0.717, 1.165) is 24.9 Å². The van der Waals surface area contributed by atoms with Crippen LogP contribution in [0.5, 0.6) is 5.75 Å². The second kappa shape index (κ2) is 7.49. The Morgan fingerprint density at radius 3 is 2.64 bits per heavy atom. The molecule has 2 rings (SSSR count). The van der Waals surface area contributed by atoms with Gasteiger partial charge in [-0.2, -0.15) is 13.2 Å². The van der Waals surface area contributed by atoms with Gasteiger partial charge in [0.05, 0.1) is 5.92 Å². The predicted molar refractivity (Wildman–Crippen MR) is 75.4 cm³/mol. The van der Waals surface area contributed by atoms with E-state index in [1.54, 1.807) is 12.1 Å². The van der Waals surface area contributed by atoms with Crippen LogP contribution in [0.4, 0.5) is 13.2 Å². The van der Waals surface area contributed by atoms with Crippen LogP contribution in [0.2, 0.25) is 0 Å². The minimum Gasteiger partial charge on any atom is -0.484 e. The molecule has 0 radical (unpaired) electrons. The van der Waals surface area contributed by atoms with Crippen LogP contribution in [0.3, 0.4) is 0 Å². The van der Waals surface area contributed by atoms with Crippen molar-refractivity contribution in [3.8, 4) is 5.75 Å². The summed E-state index contributed by atoms with van der Waals surface area (Å²) in [5.74, 6) is 0.150. The van der Waals surface area contributed by atoms with E-state index in [1.807, 2.05) is 0 Å². The Morgan fingerprint density at radius 1 is 1.32 bits per heavy atom. The highest BCUT2D eigenvalue weighted by molar-refractivity contribution is 5.78. The molecule has 1 unspecified atom stereocenters. The quantitative estimate of drug-likeness (QED) is 0.876. The first-order valence-electron chi connectivity index (χ1n) is 7.21. The number of nitrogens with one attached hydrogen (secondary N) is 2. The molecule has 2 N–H and O–H groups in total. The molecule has 0 aliphatic carbocycles. The van der Waals surface area contributed by atoms with Gasteiger partial charge in [0.15, 0.2) is 6.61 Å². The minimum atomic E-state index is -4.35. The molecule has 22 heavy (non-hydrogen) atoms. The second-order valence-electron chi connectivity index (χ2n) is 5.31. The Morgan fingerprint density at radius 2 is 2.05 bits per heavy atom. The van der Waals surface area contributed by atoms with Crippen molar-refractivity contribution < 1.29 is 22.7 Å². The number of rotatable bonds is 5. The van der Waals surface area contributed by atoms with E-state index in [1.165, 1.54) is 12.1 Å². The molecule has 4 nitrogen and oxygen atoms in total. The normalized spacial score (nSPS) is 18.8. The topological polar surface area (TPSA) is 50.4 Å². The lowest BCUT2D eigenvalue weighted by molar-refractivity contribution is -0.153. The van der Waals surface area contributed by atoms with Gasteiger partial charge >= 0.3 is 6.18 Å². The first-order valence-corrected chi connectivity index (χ1v) is 7.21. The highest BCUT2D eigenvalue weighted by Gasteiger charge is 2.28. The lowest BCUT2D eigenvalue weighted by Gasteiger charge is -2.21. The summed E-state index contributed by atoms with van der Waals surface area (Å²) in [5, 5.41) is 6.02. The zero-order valence-electron chi connectivity index (χ0n) is 12.1. The smallest absolute Gasteiger partial charge is 0.422 e. The van der Waals surface area contributed by atoms with Crippen molar-refractivity contribution in [1.29, 1.82) is 0 Å². The molecular weight excluding hydrogens is 297 g/mol. The summed E-state index contributed by atoms with van der Waals surface area (Å²) < 4.78 is 40.7. The lowest BCUT2D eigenvalue weighted by Crippen LogP contribution is -2.40. The van der Waals surface area contributed by atoms with Crippen LogP contribution >= 0.6 is 0 Å². The Bertz CT molecular complexity index is 483. The average molecular weight is 316 g/mol. The molecule has 1 aliphatic heterocycles. The number of amides is 1. The van der Waals surface area contributed by atoms with E-state index >= 15 is 0 Å². The first-order chi connectivity index (χ1) is 10.4. The first kappa shape index (κ1) is 16.6. The lowest BCUT2D eigenvalue weighted by atomic mass is 9.99. The predicted octanol–water partition coefficient (Wildman–Crippen LogP) is 2.24. The molecule has 0 spiro atoms. The highest BCUT2D eigenvalue weighted by atomic mass is 19.4. The monoisotopic (exact) mass is 316 g/mol. The Kier molecular flexibility index (Phi) is 5.65. The van der Waals surface area contributed by atoms with E-state index in [0.29, 0.717) is 13.1 Å². The fourth-order valence-corrected chi connectivity index (χ4v) is 2.28.